The molecule has 0 spiro atoms. The highest BCUT2D eigenvalue weighted by Crippen LogP contribution is 2.23. The first-order chi connectivity index (χ1) is 11.7. The molecule has 1 amide bonds. The van der Waals surface area contributed by atoms with Crippen LogP contribution in [-0.4, -0.2) is 41.3 Å². The van der Waals surface area contributed by atoms with Gasteiger partial charge in [-0.15, -0.1) is 0 Å². The molecule has 1 aliphatic carbocycles. The van der Waals surface area contributed by atoms with Crippen molar-refractivity contribution in [3.05, 3.63) is 18.0 Å². The minimum atomic E-state index is 0.202. The Hall–Kier alpha value is -2.05. The van der Waals surface area contributed by atoms with Gasteiger partial charge >= 0.3 is 0 Å². The van der Waals surface area contributed by atoms with Crippen LogP contribution in [0.1, 0.15) is 44.7 Å². The fourth-order valence-electron chi connectivity index (χ4n) is 2.93. The third kappa shape index (κ3) is 5.86. The highest BCUT2D eigenvalue weighted by Gasteiger charge is 2.20. The Labute approximate surface area is 144 Å². The molecular formula is C17H30N6O. The number of aromatic nitrogens is 2. The van der Waals surface area contributed by atoms with Crippen LogP contribution in [0.25, 0.3) is 0 Å². The molecule has 0 aromatic carbocycles. The summed E-state index contributed by atoms with van der Waals surface area (Å²) in [5, 5.41) is 13.6. The zero-order chi connectivity index (χ0) is 17.2. The van der Waals surface area contributed by atoms with E-state index in [0.29, 0.717) is 19.6 Å². The van der Waals surface area contributed by atoms with Gasteiger partial charge in [0.2, 0.25) is 5.91 Å². The van der Waals surface area contributed by atoms with Crippen molar-refractivity contribution < 1.29 is 4.79 Å². The number of carbonyl (C=O) groups is 1. The average Bonchev–Trinajstić information content (AvgIpc) is 3.02. The molecule has 0 saturated heterocycles. The smallest absolute Gasteiger partial charge is 0.223 e. The van der Waals surface area contributed by atoms with Crippen LogP contribution >= 0.6 is 0 Å². The molecule has 0 bridgehead atoms. The number of amides is 1. The van der Waals surface area contributed by atoms with E-state index < -0.39 is 0 Å². The van der Waals surface area contributed by atoms with Gasteiger partial charge < -0.3 is 16.0 Å². The summed E-state index contributed by atoms with van der Waals surface area (Å²) < 4.78 is 1.82. The summed E-state index contributed by atoms with van der Waals surface area (Å²) in [6, 6.07) is 1.96. The topological polar surface area (TPSA) is 83.3 Å². The van der Waals surface area contributed by atoms with E-state index in [0.717, 1.165) is 31.0 Å². The van der Waals surface area contributed by atoms with Crippen LogP contribution in [0.4, 0.5) is 0 Å². The highest BCUT2D eigenvalue weighted by atomic mass is 16.1. The van der Waals surface area contributed by atoms with Crippen LogP contribution in [0.3, 0.4) is 0 Å². The van der Waals surface area contributed by atoms with Crippen molar-refractivity contribution >= 4 is 11.9 Å². The van der Waals surface area contributed by atoms with Gasteiger partial charge in [0.25, 0.3) is 0 Å². The summed E-state index contributed by atoms with van der Waals surface area (Å²) in [5.41, 5.74) is 1.05. The van der Waals surface area contributed by atoms with E-state index in [1.165, 1.54) is 19.3 Å². The molecule has 0 radical (unpaired) electrons. The Morgan fingerprint density at radius 1 is 1.25 bits per heavy atom. The molecule has 1 saturated carbocycles. The van der Waals surface area contributed by atoms with Gasteiger partial charge in [0, 0.05) is 38.8 Å². The fraction of sp³-hybridized carbons (Fsp3) is 0.706. The maximum Gasteiger partial charge on any atom is 0.223 e. The third-order valence-corrected chi connectivity index (χ3v) is 4.36. The van der Waals surface area contributed by atoms with Gasteiger partial charge in [-0.05, 0) is 25.8 Å². The molecule has 1 heterocycles. The predicted molar refractivity (Wildman–Crippen MR) is 95.6 cm³/mol. The van der Waals surface area contributed by atoms with Gasteiger partial charge in [-0.3, -0.25) is 9.48 Å². The summed E-state index contributed by atoms with van der Waals surface area (Å²) in [6.45, 7) is 4.68. The minimum Gasteiger partial charge on any atom is -0.357 e. The number of carbonyl (C=O) groups excluding carboxylic acids is 1. The van der Waals surface area contributed by atoms with Gasteiger partial charge in [0.05, 0.1) is 12.2 Å². The lowest BCUT2D eigenvalue weighted by Crippen LogP contribution is -2.42. The van der Waals surface area contributed by atoms with Crippen LogP contribution < -0.4 is 16.0 Å². The van der Waals surface area contributed by atoms with Gasteiger partial charge in [0.15, 0.2) is 5.96 Å². The van der Waals surface area contributed by atoms with E-state index in [1.54, 1.807) is 6.20 Å². The van der Waals surface area contributed by atoms with Gasteiger partial charge in [-0.1, -0.05) is 19.3 Å². The quantitative estimate of drug-likeness (QED) is 0.397. The summed E-state index contributed by atoms with van der Waals surface area (Å²) in [6.07, 6.45) is 7.47. The van der Waals surface area contributed by atoms with Crippen LogP contribution in [0.15, 0.2) is 17.3 Å². The van der Waals surface area contributed by atoms with E-state index >= 15 is 0 Å². The standard InChI is InChI=1S/C17H30N6O/c1-3-18-17(21-13-15-9-10-22-23(15)2)20-12-11-19-16(24)14-7-5-4-6-8-14/h9-10,14H,3-8,11-13H2,1-2H3,(H,19,24)(H2,18,20,21). The first kappa shape index (κ1) is 18.3. The SMILES string of the molecule is CCNC(=NCc1ccnn1C)NCCNC(=O)C1CCCCC1. The van der Waals surface area contributed by atoms with E-state index in [9.17, 15) is 4.79 Å². The molecule has 0 atom stereocenters. The number of aliphatic imine (C=N–C) groups is 1. The van der Waals surface area contributed by atoms with Crippen molar-refractivity contribution in [1.82, 2.24) is 25.7 Å². The maximum absolute atomic E-state index is 12.1. The average molecular weight is 334 g/mol. The Bertz CT molecular complexity index is 533. The largest absolute Gasteiger partial charge is 0.357 e. The number of nitrogens with one attached hydrogen (secondary N) is 3. The number of nitrogens with zero attached hydrogens (tertiary/aromatic N) is 3. The molecule has 1 aliphatic rings. The second kappa shape index (κ2) is 9.95. The maximum atomic E-state index is 12.1. The molecule has 134 valence electrons. The van der Waals surface area contributed by atoms with E-state index in [4.69, 9.17) is 0 Å². The number of guanidine groups is 1. The molecule has 0 unspecified atom stereocenters. The molecule has 1 aromatic heterocycles. The number of hydrogen-bond donors (Lipinski definition) is 3. The molecule has 2 rings (SSSR count). The van der Waals surface area contributed by atoms with Gasteiger partial charge in [0.1, 0.15) is 0 Å². The second-order valence-electron chi connectivity index (χ2n) is 6.19. The van der Waals surface area contributed by atoms with E-state index in [2.05, 4.69) is 26.0 Å². The van der Waals surface area contributed by atoms with Crippen molar-refractivity contribution in [3.63, 3.8) is 0 Å². The lowest BCUT2D eigenvalue weighted by molar-refractivity contribution is -0.125. The number of hydrogen-bond acceptors (Lipinski definition) is 3. The molecular weight excluding hydrogens is 304 g/mol. The monoisotopic (exact) mass is 334 g/mol. The Morgan fingerprint density at radius 2 is 2.00 bits per heavy atom. The van der Waals surface area contributed by atoms with Crippen molar-refractivity contribution in [2.24, 2.45) is 18.0 Å². The van der Waals surface area contributed by atoms with Crippen LogP contribution in [0.5, 0.6) is 0 Å². The Balaban J connectivity index is 1.70. The van der Waals surface area contributed by atoms with E-state index in [-0.39, 0.29) is 11.8 Å². The lowest BCUT2D eigenvalue weighted by Gasteiger charge is -2.21. The summed E-state index contributed by atoms with van der Waals surface area (Å²) >= 11 is 0. The predicted octanol–water partition coefficient (Wildman–Crippen LogP) is 1.17. The van der Waals surface area contributed by atoms with Crippen molar-refractivity contribution in [2.75, 3.05) is 19.6 Å². The van der Waals surface area contributed by atoms with Crippen LogP contribution in [0.2, 0.25) is 0 Å². The number of rotatable bonds is 7. The Kier molecular flexibility index (Phi) is 7.58. The van der Waals surface area contributed by atoms with Crippen molar-refractivity contribution in [3.8, 4) is 0 Å². The molecule has 0 aliphatic heterocycles. The van der Waals surface area contributed by atoms with Crippen molar-refractivity contribution in [1.29, 1.82) is 0 Å². The fourth-order valence-corrected chi connectivity index (χ4v) is 2.93. The summed E-state index contributed by atoms with van der Waals surface area (Å²) in [4.78, 5) is 16.6. The number of aryl methyl sites for hydroxylation is 1. The van der Waals surface area contributed by atoms with Gasteiger partial charge in [-0.2, -0.15) is 5.10 Å². The highest BCUT2D eigenvalue weighted by molar-refractivity contribution is 5.80. The zero-order valence-corrected chi connectivity index (χ0v) is 14.8. The summed E-state index contributed by atoms with van der Waals surface area (Å²) in [5.74, 6) is 1.17. The second-order valence-corrected chi connectivity index (χ2v) is 6.19. The van der Waals surface area contributed by atoms with Crippen LogP contribution in [0, 0.1) is 5.92 Å². The molecule has 3 N–H and O–H groups in total. The first-order valence-corrected chi connectivity index (χ1v) is 8.97. The molecule has 7 heteroatoms. The lowest BCUT2D eigenvalue weighted by atomic mass is 9.89. The summed E-state index contributed by atoms with van der Waals surface area (Å²) in [7, 11) is 1.91. The molecule has 1 aromatic rings. The van der Waals surface area contributed by atoms with Crippen LogP contribution in [-0.2, 0) is 18.4 Å². The zero-order valence-electron chi connectivity index (χ0n) is 14.8. The third-order valence-electron chi connectivity index (χ3n) is 4.36. The molecule has 7 nitrogen and oxygen atoms in total. The van der Waals surface area contributed by atoms with Crippen molar-refractivity contribution in [2.45, 2.75) is 45.6 Å². The normalized spacial score (nSPS) is 16.0. The first-order valence-electron chi connectivity index (χ1n) is 8.97. The van der Waals surface area contributed by atoms with E-state index in [1.807, 2.05) is 24.7 Å². The molecule has 24 heavy (non-hydrogen) atoms. The Morgan fingerprint density at radius 3 is 2.67 bits per heavy atom. The van der Waals surface area contributed by atoms with Gasteiger partial charge in [-0.25, -0.2) is 4.99 Å². The molecule has 1 fully saturated rings. The minimum absolute atomic E-state index is 0.202.